The average molecular weight is 846 g/mol. The molecule has 360 valence electrons. The fourth-order valence-corrected chi connectivity index (χ4v) is 9.44. The standard InChI is InChI=1S/C58H116O2/c1-3-5-7-9-11-13-15-17-19-21-23-25-27-29-31-33-35-37-39-41-43-45-47-49-51-53-55-57-60-58(59)56-54-52-50-48-46-44-42-40-38-36-34-32-30-28-26-24-22-20-18-16-14-12-10-8-6-4-2/h3-57H2,1-2H3. The Hall–Kier alpha value is -0.530. The SMILES string of the molecule is CCCCCCCCCCCCCCCCCCCCCCCCCCCCCOC(=O)CCCCCCCCCCCCCCCCCCCCCCCCCCCC. The van der Waals surface area contributed by atoms with Gasteiger partial charge in [-0.25, -0.2) is 0 Å². The van der Waals surface area contributed by atoms with Crippen LogP contribution in [0.2, 0.25) is 0 Å². The van der Waals surface area contributed by atoms with E-state index in [1.165, 1.54) is 327 Å². The Balaban J connectivity index is 3.14. The molecule has 0 fully saturated rings. The lowest BCUT2D eigenvalue weighted by molar-refractivity contribution is -0.143. The third kappa shape index (κ3) is 55.5. The Morgan fingerprint density at radius 1 is 0.217 bits per heavy atom. The summed E-state index contributed by atoms with van der Waals surface area (Å²) >= 11 is 0. The van der Waals surface area contributed by atoms with Gasteiger partial charge in [0.25, 0.3) is 0 Å². The molecule has 0 radical (unpaired) electrons. The number of ether oxygens (including phenoxy) is 1. The Morgan fingerprint density at radius 2 is 0.367 bits per heavy atom. The summed E-state index contributed by atoms with van der Waals surface area (Å²) < 4.78 is 5.52. The first kappa shape index (κ1) is 59.5. The molecule has 0 N–H and O–H groups in total. The van der Waals surface area contributed by atoms with Crippen LogP contribution in [0.25, 0.3) is 0 Å². The third-order valence-corrected chi connectivity index (χ3v) is 13.7. The van der Waals surface area contributed by atoms with Gasteiger partial charge < -0.3 is 4.74 Å². The Morgan fingerprint density at radius 3 is 0.550 bits per heavy atom. The van der Waals surface area contributed by atoms with Crippen molar-refractivity contribution in [1.82, 2.24) is 0 Å². The number of esters is 1. The first-order valence-electron chi connectivity index (χ1n) is 29.0. The molecule has 0 bridgehead atoms. The molecule has 0 aliphatic rings. The first-order chi connectivity index (χ1) is 29.8. The van der Waals surface area contributed by atoms with Gasteiger partial charge in [-0.05, 0) is 12.8 Å². The molecule has 0 saturated heterocycles. The number of carbonyl (C=O) groups excluding carboxylic acids is 1. The molecule has 0 aromatic rings. The van der Waals surface area contributed by atoms with E-state index in [0.717, 1.165) is 12.8 Å². The van der Waals surface area contributed by atoms with Gasteiger partial charge in [0.1, 0.15) is 0 Å². The van der Waals surface area contributed by atoms with Gasteiger partial charge >= 0.3 is 5.97 Å². The summed E-state index contributed by atoms with van der Waals surface area (Å²) in [7, 11) is 0. The number of hydrogen-bond acceptors (Lipinski definition) is 2. The van der Waals surface area contributed by atoms with Crippen LogP contribution in [0.15, 0.2) is 0 Å². The van der Waals surface area contributed by atoms with Crippen molar-refractivity contribution in [3.8, 4) is 0 Å². The zero-order valence-corrected chi connectivity index (χ0v) is 42.2. The molecule has 2 nitrogen and oxygen atoms in total. The second-order valence-electron chi connectivity index (χ2n) is 20.0. The molecular weight excluding hydrogens is 729 g/mol. The highest BCUT2D eigenvalue weighted by Gasteiger charge is 2.03. The maximum atomic E-state index is 12.1. The lowest BCUT2D eigenvalue weighted by Gasteiger charge is -2.06. The minimum absolute atomic E-state index is 0.0363. The van der Waals surface area contributed by atoms with Gasteiger partial charge in [0.05, 0.1) is 6.61 Å². The van der Waals surface area contributed by atoms with Gasteiger partial charge in [0.15, 0.2) is 0 Å². The summed E-state index contributed by atoms with van der Waals surface area (Å²) in [5.74, 6) is 0.0363. The van der Waals surface area contributed by atoms with Crippen LogP contribution in [0.1, 0.15) is 361 Å². The predicted octanol–water partition coefficient (Wildman–Crippen LogP) is 21.6. The molecular formula is C58H116O2. The Bertz CT molecular complexity index is 747. The largest absolute Gasteiger partial charge is 0.466 e. The van der Waals surface area contributed by atoms with E-state index in [1.807, 2.05) is 0 Å². The van der Waals surface area contributed by atoms with E-state index in [1.54, 1.807) is 0 Å². The molecule has 0 spiro atoms. The molecule has 0 aliphatic carbocycles. The van der Waals surface area contributed by atoms with Gasteiger partial charge in [-0.2, -0.15) is 0 Å². The smallest absolute Gasteiger partial charge is 0.305 e. The van der Waals surface area contributed by atoms with Crippen LogP contribution in [0.3, 0.4) is 0 Å². The van der Waals surface area contributed by atoms with Gasteiger partial charge in [-0.1, -0.05) is 341 Å². The fraction of sp³-hybridized carbons (Fsp3) is 0.983. The molecule has 0 rings (SSSR count). The first-order valence-corrected chi connectivity index (χ1v) is 29.0. The molecule has 0 unspecified atom stereocenters. The second-order valence-corrected chi connectivity index (χ2v) is 20.0. The Labute approximate surface area is 381 Å². The highest BCUT2D eigenvalue weighted by Crippen LogP contribution is 2.18. The van der Waals surface area contributed by atoms with Crippen molar-refractivity contribution in [2.45, 2.75) is 361 Å². The summed E-state index contributed by atoms with van der Waals surface area (Å²) in [4.78, 5) is 12.1. The minimum Gasteiger partial charge on any atom is -0.466 e. The van der Waals surface area contributed by atoms with Crippen LogP contribution in [0, 0.1) is 0 Å². The zero-order valence-electron chi connectivity index (χ0n) is 42.2. The van der Waals surface area contributed by atoms with Crippen molar-refractivity contribution in [2.75, 3.05) is 6.61 Å². The minimum atomic E-state index is 0.0363. The van der Waals surface area contributed by atoms with E-state index in [0.29, 0.717) is 13.0 Å². The number of carbonyl (C=O) groups is 1. The highest BCUT2D eigenvalue weighted by molar-refractivity contribution is 5.69. The van der Waals surface area contributed by atoms with Gasteiger partial charge in [-0.3, -0.25) is 4.79 Å². The van der Waals surface area contributed by atoms with Crippen LogP contribution in [0.5, 0.6) is 0 Å². The van der Waals surface area contributed by atoms with Gasteiger partial charge in [-0.15, -0.1) is 0 Å². The Kier molecular flexibility index (Phi) is 56.0. The fourth-order valence-electron chi connectivity index (χ4n) is 9.44. The number of rotatable bonds is 55. The van der Waals surface area contributed by atoms with Crippen molar-refractivity contribution >= 4 is 5.97 Å². The van der Waals surface area contributed by atoms with Gasteiger partial charge in [0.2, 0.25) is 0 Å². The topological polar surface area (TPSA) is 26.3 Å². The van der Waals surface area contributed by atoms with Crippen molar-refractivity contribution < 1.29 is 9.53 Å². The molecule has 0 aromatic carbocycles. The monoisotopic (exact) mass is 845 g/mol. The van der Waals surface area contributed by atoms with Crippen molar-refractivity contribution in [3.63, 3.8) is 0 Å². The predicted molar refractivity (Wildman–Crippen MR) is 272 cm³/mol. The second kappa shape index (κ2) is 56.5. The lowest BCUT2D eigenvalue weighted by Crippen LogP contribution is -2.05. The van der Waals surface area contributed by atoms with Crippen molar-refractivity contribution in [3.05, 3.63) is 0 Å². The van der Waals surface area contributed by atoms with E-state index in [4.69, 9.17) is 4.74 Å². The summed E-state index contributed by atoms with van der Waals surface area (Å²) in [5, 5.41) is 0. The van der Waals surface area contributed by atoms with Gasteiger partial charge in [0, 0.05) is 6.42 Å². The molecule has 60 heavy (non-hydrogen) atoms. The van der Waals surface area contributed by atoms with Crippen LogP contribution < -0.4 is 0 Å². The number of hydrogen-bond donors (Lipinski definition) is 0. The molecule has 0 saturated carbocycles. The normalized spacial score (nSPS) is 11.6. The highest BCUT2D eigenvalue weighted by atomic mass is 16.5. The molecule has 0 aliphatic heterocycles. The summed E-state index contributed by atoms with van der Waals surface area (Å²) in [5.41, 5.74) is 0. The van der Waals surface area contributed by atoms with Crippen molar-refractivity contribution in [2.24, 2.45) is 0 Å². The lowest BCUT2D eigenvalue weighted by atomic mass is 10.0. The van der Waals surface area contributed by atoms with Crippen LogP contribution >= 0.6 is 0 Å². The quantitative estimate of drug-likeness (QED) is 0.0450. The zero-order chi connectivity index (χ0) is 43.2. The molecule has 0 aromatic heterocycles. The number of unbranched alkanes of at least 4 members (excludes halogenated alkanes) is 51. The maximum Gasteiger partial charge on any atom is 0.305 e. The summed E-state index contributed by atoms with van der Waals surface area (Å²) in [6, 6.07) is 0. The average Bonchev–Trinajstić information content (AvgIpc) is 3.25. The van der Waals surface area contributed by atoms with Crippen LogP contribution in [-0.2, 0) is 9.53 Å². The molecule has 0 atom stereocenters. The molecule has 0 heterocycles. The van der Waals surface area contributed by atoms with E-state index < -0.39 is 0 Å². The van der Waals surface area contributed by atoms with E-state index in [9.17, 15) is 4.79 Å². The summed E-state index contributed by atoms with van der Waals surface area (Å²) in [6.07, 6.45) is 75.8. The summed E-state index contributed by atoms with van der Waals surface area (Å²) in [6.45, 7) is 5.25. The molecule has 2 heteroatoms. The van der Waals surface area contributed by atoms with E-state index >= 15 is 0 Å². The molecule has 0 amide bonds. The van der Waals surface area contributed by atoms with Crippen LogP contribution in [-0.4, -0.2) is 12.6 Å². The van der Waals surface area contributed by atoms with Crippen LogP contribution in [0.4, 0.5) is 0 Å². The third-order valence-electron chi connectivity index (χ3n) is 13.7. The van der Waals surface area contributed by atoms with E-state index in [2.05, 4.69) is 13.8 Å². The maximum absolute atomic E-state index is 12.1. The van der Waals surface area contributed by atoms with E-state index in [-0.39, 0.29) is 5.97 Å². The van der Waals surface area contributed by atoms with Crippen molar-refractivity contribution in [1.29, 1.82) is 0 Å².